The number of hydrogen-bond acceptors (Lipinski definition) is 4. The molecule has 0 radical (unpaired) electrons. The number of aryl methyl sites for hydroxylation is 2. The molecule has 0 spiro atoms. The highest BCUT2D eigenvalue weighted by molar-refractivity contribution is 7.99. The van der Waals surface area contributed by atoms with Gasteiger partial charge in [-0.1, -0.05) is 24.3 Å². The first-order valence-corrected chi connectivity index (χ1v) is 9.28. The molecule has 3 rings (SSSR count). The van der Waals surface area contributed by atoms with E-state index in [1.165, 1.54) is 6.07 Å². The summed E-state index contributed by atoms with van der Waals surface area (Å²) in [6, 6.07) is 12.1. The van der Waals surface area contributed by atoms with E-state index in [1.807, 2.05) is 26.0 Å². The molecule has 0 fully saturated rings. The van der Waals surface area contributed by atoms with Crippen LogP contribution in [-0.4, -0.2) is 11.9 Å². The summed E-state index contributed by atoms with van der Waals surface area (Å²) in [5.41, 5.74) is 3.33. The number of hydrogen-bond donors (Lipinski definition) is 1. The number of rotatable bonds is 5. The maximum absolute atomic E-state index is 12.5. The normalized spacial score (nSPS) is 11.7. The minimum Gasteiger partial charge on any atom is -0.422 e. The molecule has 0 bridgehead atoms. The fourth-order valence-electron chi connectivity index (χ4n) is 2.76. The lowest BCUT2D eigenvalue weighted by molar-refractivity contribution is -0.105. The molecule has 0 saturated carbocycles. The lowest BCUT2D eigenvalue weighted by Gasteiger charge is -2.14. The molecule has 0 saturated heterocycles. The average molecular weight is 393 g/mol. The first-order valence-electron chi connectivity index (χ1n) is 8.30. The Morgan fingerprint density at radius 2 is 1.85 bits per heavy atom. The van der Waals surface area contributed by atoms with Crippen LogP contribution in [0.5, 0.6) is 0 Å². The second-order valence-corrected chi connectivity index (χ2v) is 7.25. The van der Waals surface area contributed by atoms with Crippen molar-refractivity contribution in [1.29, 1.82) is 0 Å². The first kappa shape index (κ1) is 19.4. The smallest absolute Gasteiger partial charge is 0.398 e. The monoisotopic (exact) mass is 393 g/mol. The van der Waals surface area contributed by atoms with Crippen LogP contribution in [0, 0.1) is 13.8 Å². The third-order valence-corrected chi connectivity index (χ3v) is 5.40. The minimum atomic E-state index is -4.23. The molecule has 27 heavy (non-hydrogen) atoms. The molecular weight excluding hydrogens is 375 g/mol. The number of halogens is 3. The number of nitrogens with one attached hydrogen (secondary N) is 1. The molecule has 2 aromatic carbocycles. The average Bonchev–Trinajstić information content (AvgIpc) is 2.61. The van der Waals surface area contributed by atoms with Crippen LogP contribution in [0.1, 0.15) is 16.7 Å². The van der Waals surface area contributed by atoms with Gasteiger partial charge in [0.1, 0.15) is 5.58 Å². The van der Waals surface area contributed by atoms with Crippen LogP contribution < -0.4 is 10.9 Å². The van der Waals surface area contributed by atoms with Gasteiger partial charge in [0.15, 0.2) is 0 Å². The Bertz CT molecular complexity index is 1030. The number of anilines is 1. The van der Waals surface area contributed by atoms with Crippen molar-refractivity contribution in [2.24, 2.45) is 0 Å². The summed E-state index contributed by atoms with van der Waals surface area (Å²) in [6.07, 6.45) is -4.23. The van der Waals surface area contributed by atoms with E-state index in [-0.39, 0.29) is 0 Å². The Morgan fingerprint density at radius 1 is 1.11 bits per heavy atom. The van der Waals surface area contributed by atoms with Crippen LogP contribution >= 0.6 is 11.8 Å². The van der Waals surface area contributed by atoms with Crippen molar-refractivity contribution < 1.29 is 17.6 Å². The van der Waals surface area contributed by atoms with E-state index in [0.717, 1.165) is 33.8 Å². The Hall–Kier alpha value is -2.41. The van der Waals surface area contributed by atoms with Gasteiger partial charge >= 0.3 is 11.8 Å². The van der Waals surface area contributed by atoms with Crippen LogP contribution in [0.15, 0.2) is 56.6 Å². The predicted octanol–water partition coefficient (Wildman–Crippen LogP) is 5.68. The molecule has 0 aliphatic heterocycles. The van der Waals surface area contributed by atoms with Crippen LogP contribution in [0.2, 0.25) is 0 Å². The molecule has 1 heterocycles. The van der Waals surface area contributed by atoms with E-state index in [2.05, 4.69) is 5.32 Å². The Balaban J connectivity index is 1.88. The van der Waals surface area contributed by atoms with Crippen LogP contribution in [0.3, 0.4) is 0 Å². The van der Waals surface area contributed by atoms with E-state index in [0.29, 0.717) is 22.7 Å². The molecule has 0 atom stereocenters. The van der Waals surface area contributed by atoms with Crippen LogP contribution in [0.25, 0.3) is 11.0 Å². The standard InChI is InChI=1S/C20H18F3NO2S/c1-12-7-8-15-14(9-18(25)26-19(15)13(12)2)10-24-16-5-3-4-6-17(16)27-11-20(21,22)23/h3-9,24H,10-11H2,1-2H3. The fraction of sp³-hybridized carbons (Fsp3) is 0.250. The van der Waals surface area contributed by atoms with Gasteiger partial charge in [0.2, 0.25) is 0 Å². The van der Waals surface area contributed by atoms with Crippen molar-refractivity contribution in [2.45, 2.75) is 31.5 Å². The van der Waals surface area contributed by atoms with E-state index in [9.17, 15) is 18.0 Å². The van der Waals surface area contributed by atoms with Crippen molar-refractivity contribution in [2.75, 3.05) is 11.1 Å². The largest absolute Gasteiger partial charge is 0.422 e. The van der Waals surface area contributed by atoms with Crippen molar-refractivity contribution in [3.63, 3.8) is 0 Å². The fourth-order valence-corrected chi connectivity index (χ4v) is 3.55. The quantitative estimate of drug-likeness (QED) is 0.448. The van der Waals surface area contributed by atoms with Crippen molar-refractivity contribution in [3.8, 4) is 0 Å². The summed E-state index contributed by atoms with van der Waals surface area (Å²) in [7, 11) is 0. The first-order chi connectivity index (χ1) is 12.7. The molecule has 0 aliphatic carbocycles. The van der Waals surface area contributed by atoms with Crippen molar-refractivity contribution >= 4 is 28.4 Å². The van der Waals surface area contributed by atoms with Gasteiger partial charge in [-0.05, 0) is 42.7 Å². The topological polar surface area (TPSA) is 42.2 Å². The highest BCUT2D eigenvalue weighted by Gasteiger charge is 2.27. The van der Waals surface area contributed by atoms with Gasteiger partial charge in [0.05, 0.1) is 5.75 Å². The summed E-state index contributed by atoms with van der Waals surface area (Å²) < 4.78 is 42.9. The summed E-state index contributed by atoms with van der Waals surface area (Å²) in [5.74, 6) is -0.956. The van der Waals surface area contributed by atoms with Crippen molar-refractivity contribution in [3.05, 3.63) is 69.6 Å². The molecule has 0 unspecified atom stereocenters. The molecule has 3 aromatic rings. The Morgan fingerprint density at radius 3 is 2.59 bits per heavy atom. The Kier molecular flexibility index (Phi) is 5.51. The van der Waals surface area contributed by atoms with Gasteiger partial charge in [-0.2, -0.15) is 13.2 Å². The third-order valence-electron chi connectivity index (χ3n) is 4.27. The molecule has 1 aromatic heterocycles. The molecule has 3 nitrogen and oxygen atoms in total. The van der Waals surface area contributed by atoms with E-state index in [1.54, 1.807) is 24.3 Å². The van der Waals surface area contributed by atoms with Crippen LogP contribution in [0.4, 0.5) is 18.9 Å². The number of para-hydroxylation sites is 1. The van der Waals surface area contributed by atoms with Crippen LogP contribution in [-0.2, 0) is 6.54 Å². The summed E-state index contributed by atoms with van der Waals surface area (Å²) in [5, 5.41) is 3.96. The molecule has 142 valence electrons. The van der Waals surface area contributed by atoms with Gasteiger partial charge < -0.3 is 9.73 Å². The maximum Gasteiger partial charge on any atom is 0.398 e. The summed E-state index contributed by atoms with van der Waals surface area (Å²) in [4.78, 5) is 12.4. The molecule has 0 amide bonds. The number of thioether (sulfide) groups is 1. The van der Waals surface area contributed by atoms with E-state index in [4.69, 9.17) is 4.42 Å². The minimum absolute atomic E-state index is 0.300. The molecular formula is C20H18F3NO2S. The van der Waals surface area contributed by atoms with Gasteiger partial charge in [-0.3, -0.25) is 0 Å². The van der Waals surface area contributed by atoms with E-state index < -0.39 is 17.6 Å². The van der Waals surface area contributed by atoms with Gasteiger partial charge in [0.25, 0.3) is 0 Å². The molecule has 0 aliphatic rings. The zero-order valence-electron chi connectivity index (χ0n) is 14.8. The molecule has 1 N–H and O–H groups in total. The van der Waals surface area contributed by atoms with Gasteiger partial charge in [0, 0.05) is 28.6 Å². The number of alkyl halides is 3. The number of fused-ring (bicyclic) bond motifs is 1. The zero-order valence-corrected chi connectivity index (χ0v) is 15.6. The lowest BCUT2D eigenvalue weighted by atomic mass is 10.0. The zero-order chi connectivity index (χ0) is 19.6. The lowest BCUT2D eigenvalue weighted by Crippen LogP contribution is -2.11. The highest BCUT2D eigenvalue weighted by atomic mass is 32.2. The third kappa shape index (κ3) is 4.66. The van der Waals surface area contributed by atoms with Gasteiger partial charge in [-0.25, -0.2) is 4.79 Å². The second-order valence-electron chi connectivity index (χ2n) is 6.23. The van der Waals surface area contributed by atoms with Gasteiger partial charge in [-0.15, -0.1) is 11.8 Å². The highest BCUT2D eigenvalue weighted by Crippen LogP contribution is 2.32. The number of benzene rings is 2. The Labute approximate surface area is 158 Å². The SMILES string of the molecule is Cc1ccc2c(CNc3ccccc3SCC(F)(F)F)cc(=O)oc2c1C. The predicted molar refractivity (Wildman–Crippen MR) is 103 cm³/mol. The maximum atomic E-state index is 12.5. The van der Waals surface area contributed by atoms with Crippen molar-refractivity contribution in [1.82, 2.24) is 0 Å². The molecule has 7 heteroatoms. The summed E-state index contributed by atoms with van der Waals surface area (Å²) >= 11 is 0.733. The second kappa shape index (κ2) is 7.68. The summed E-state index contributed by atoms with van der Waals surface area (Å²) in [6.45, 7) is 4.13. The van der Waals surface area contributed by atoms with E-state index >= 15 is 0 Å².